The van der Waals surface area contributed by atoms with Gasteiger partial charge in [0, 0.05) is 23.8 Å². The van der Waals surface area contributed by atoms with Crippen molar-refractivity contribution in [3.8, 4) is 0 Å². The maximum atomic E-state index is 3.47. The first-order valence-electron chi connectivity index (χ1n) is 4.56. The maximum Gasteiger partial charge on any atom is 0.0398 e. The molecule has 0 saturated heterocycles. The molecule has 2 rings (SSSR count). The molecule has 0 fully saturated rings. The van der Waals surface area contributed by atoms with Gasteiger partial charge >= 0.3 is 0 Å². The Morgan fingerprint density at radius 2 is 2.23 bits per heavy atom. The molecule has 0 aromatic heterocycles. The van der Waals surface area contributed by atoms with E-state index in [0.717, 1.165) is 30.5 Å². The number of allylic oxidation sites excluding steroid dienone is 2. The fourth-order valence-corrected chi connectivity index (χ4v) is 2.08. The van der Waals surface area contributed by atoms with Crippen molar-refractivity contribution in [2.24, 2.45) is 0 Å². The molecule has 0 amide bonds. The highest BCUT2D eigenvalue weighted by Crippen LogP contribution is 2.21. The lowest BCUT2D eigenvalue weighted by molar-refractivity contribution is 0.701. The van der Waals surface area contributed by atoms with Crippen molar-refractivity contribution < 1.29 is 0 Å². The van der Waals surface area contributed by atoms with Crippen LogP contribution in [-0.4, -0.2) is 19.6 Å². The molecule has 0 aromatic rings. The molecule has 13 heavy (non-hydrogen) atoms. The summed E-state index contributed by atoms with van der Waals surface area (Å²) in [7, 11) is 0. The molecule has 3 heteroatoms. The van der Waals surface area contributed by atoms with E-state index in [1.165, 1.54) is 11.1 Å². The molecule has 2 heterocycles. The van der Waals surface area contributed by atoms with Gasteiger partial charge in [-0.3, -0.25) is 0 Å². The Balaban J connectivity index is 2.15. The number of halogens is 1. The lowest BCUT2D eigenvalue weighted by atomic mass is 9.99. The molecule has 0 radical (unpaired) electrons. The summed E-state index contributed by atoms with van der Waals surface area (Å²) in [5, 5.41) is 6.56. The minimum absolute atomic E-state index is 0.959. The summed E-state index contributed by atoms with van der Waals surface area (Å²) < 4.78 is 1.13. The van der Waals surface area contributed by atoms with Crippen LogP contribution < -0.4 is 10.6 Å². The lowest BCUT2D eigenvalue weighted by Gasteiger charge is -2.19. The Morgan fingerprint density at radius 1 is 1.31 bits per heavy atom. The summed E-state index contributed by atoms with van der Waals surface area (Å²) in [6.45, 7) is 3.07. The molecule has 0 saturated carbocycles. The molecule has 0 unspecified atom stereocenters. The Bertz CT molecular complexity index is 289. The minimum atomic E-state index is 0.959. The Kier molecular flexibility index (Phi) is 2.86. The van der Waals surface area contributed by atoms with Gasteiger partial charge in [-0.15, -0.1) is 0 Å². The summed E-state index contributed by atoms with van der Waals surface area (Å²) in [6, 6.07) is 0. The van der Waals surface area contributed by atoms with E-state index in [0.29, 0.717) is 0 Å². The van der Waals surface area contributed by atoms with E-state index in [9.17, 15) is 0 Å². The van der Waals surface area contributed by atoms with E-state index >= 15 is 0 Å². The van der Waals surface area contributed by atoms with E-state index in [-0.39, 0.29) is 0 Å². The number of hydrogen-bond acceptors (Lipinski definition) is 2. The van der Waals surface area contributed by atoms with Crippen molar-refractivity contribution in [1.29, 1.82) is 0 Å². The molecule has 0 spiro atoms. The SMILES string of the molecule is BrC1=CNCC(C2=CCNCC2)=C1. The van der Waals surface area contributed by atoms with Gasteiger partial charge in [-0.25, -0.2) is 0 Å². The van der Waals surface area contributed by atoms with Crippen LogP contribution in [0.1, 0.15) is 6.42 Å². The zero-order chi connectivity index (χ0) is 9.10. The van der Waals surface area contributed by atoms with Crippen LogP contribution in [0, 0.1) is 0 Å². The van der Waals surface area contributed by atoms with Crippen LogP contribution in [0.5, 0.6) is 0 Å². The molecule has 0 atom stereocenters. The van der Waals surface area contributed by atoms with Crippen LogP contribution in [0.25, 0.3) is 0 Å². The van der Waals surface area contributed by atoms with Crippen molar-refractivity contribution >= 4 is 15.9 Å². The van der Waals surface area contributed by atoms with E-state index in [1.807, 2.05) is 6.20 Å². The molecular formula is C10H13BrN2. The highest BCUT2D eigenvalue weighted by atomic mass is 79.9. The number of nitrogens with one attached hydrogen (secondary N) is 2. The minimum Gasteiger partial charge on any atom is -0.386 e. The summed E-state index contributed by atoms with van der Waals surface area (Å²) in [5.74, 6) is 0. The van der Waals surface area contributed by atoms with Crippen LogP contribution >= 0.6 is 15.9 Å². The van der Waals surface area contributed by atoms with Crippen molar-refractivity contribution in [1.82, 2.24) is 10.6 Å². The molecule has 70 valence electrons. The van der Waals surface area contributed by atoms with Crippen molar-refractivity contribution in [2.45, 2.75) is 6.42 Å². The molecular weight excluding hydrogens is 228 g/mol. The highest BCUT2D eigenvalue weighted by molar-refractivity contribution is 9.11. The Hall–Kier alpha value is -0.540. The van der Waals surface area contributed by atoms with Gasteiger partial charge in [0.2, 0.25) is 0 Å². The Morgan fingerprint density at radius 3 is 2.92 bits per heavy atom. The third-order valence-corrected chi connectivity index (χ3v) is 2.78. The second-order valence-corrected chi connectivity index (χ2v) is 4.18. The monoisotopic (exact) mass is 240 g/mol. The predicted molar refractivity (Wildman–Crippen MR) is 58.7 cm³/mol. The van der Waals surface area contributed by atoms with Gasteiger partial charge < -0.3 is 10.6 Å². The van der Waals surface area contributed by atoms with Crippen LogP contribution in [0.4, 0.5) is 0 Å². The Labute approximate surface area is 86.9 Å². The van der Waals surface area contributed by atoms with Crippen molar-refractivity contribution in [2.75, 3.05) is 19.6 Å². The van der Waals surface area contributed by atoms with E-state index in [4.69, 9.17) is 0 Å². The highest BCUT2D eigenvalue weighted by Gasteiger charge is 2.10. The predicted octanol–water partition coefficient (Wildman–Crippen LogP) is 1.67. The van der Waals surface area contributed by atoms with Gasteiger partial charge in [-0.1, -0.05) is 6.08 Å². The third-order valence-electron chi connectivity index (χ3n) is 2.32. The fraction of sp³-hybridized carbons (Fsp3) is 0.400. The zero-order valence-electron chi connectivity index (χ0n) is 7.44. The standard InChI is InChI=1S/C10H13BrN2/c11-10-5-9(6-13-7-10)8-1-3-12-4-2-8/h1,5,7,12-13H,2-4,6H2. The van der Waals surface area contributed by atoms with Crippen LogP contribution in [0.3, 0.4) is 0 Å². The number of dihydropyridines is 1. The lowest BCUT2D eigenvalue weighted by Crippen LogP contribution is -2.24. The molecule has 0 aromatic carbocycles. The van der Waals surface area contributed by atoms with Gasteiger partial charge in [-0.2, -0.15) is 0 Å². The van der Waals surface area contributed by atoms with E-state index < -0.39 is 0 Å². The molecule has 2 N–H and O–H groups in total. The second-order valence-electron chi connectivity index (χ2n) is 3.26. The molecule has 2 aliphatic heterocycles. The van der Waals surface area contributed by atoms with Gasteiger partial charge in [0.05, 0.1) is 0 Å². The average Bonchev–Trinajstić information content (AvgIpc) is 2.19. The summed E-state index contributed by atoms with van der Waals surface area (Å²) in [5.41, 5.74) is 2.90. The quantitative estimate of drug-likeness (QED) is 0.729. The van der Waals surface area contributed by atoms with Gasteiger partial charge in [-0.05, 0) is 46.1 Å². The van der Waals surface area contributed by atoms with Gasteiger partial charge in [0.25, 0.3) is 0 Å². The largest absolute Gasteiger partial charge is 0.386 e. The normalized spacial score (nSPS) is 22.7. The third kappa shape index (κ3) is 2.23. The second kappa shape index (κ2) is 4.11. The van der Waals surface area contributed by atoms with Crippen LogP contribution in [0.15, 0.2) is 34.0 Å². The first-order chi connectivity index (χ1) is 6.36. The summed E-state index contributed by atoms with van der Waals surface area (Å²) in [4.78, 5) is 0. The summed E-state index contributed by atoms with van der Waals surface area (Å²) in [6.07, 6.45) is 7.62. The summed E-state index contributed by atoms with van der Waals surface area (Å²) >= 11 is 3.47. The molecule has 2 nitrogen and oxygen atoms in total. The van der Waals surface area contributed by atoms with E-state index in [1.54, 1.807) is 0 Å². The van der Waals surface area contributed by atoms with Crippen molar-refractivity contribution in [3.63, 3.8) is 0 Å². The molecule has 2 aliphatic rings. The number of rotatable bonds is 1. The first kappa shape index (κ1) is 9.03. The average molecular weight is 241 g/mol. The van der Waals surface area contributed by atoms with Crippen molar-refractivity contribution in [3.05, 3.63) is 34.0 Å². The van der Waals surface area contributed by atoms with Crippen LogP contribution in [0.2, 0.25) is 0 Å². The van der Waals surface area contributed by atoms with Gasteiger partial charge in [0.1, 0.15) is 0 Å². The number of hydrogen-bond donors (Lipinski definition) is 2. The van der Waals surface area contributed by atoms with Gasteiger partial charge in [0.15, 0.2) is 0 Å². The van der Waals surface area contributed by atoms with Crippen LogP contribution in [-0.2, 0) is 0 Å². The first-order valence-corrected chi connectivity index (χ1v) is 5.35. The molecule has 0 aliphatic carbocycles. The smallest absolute Gasteiger partial charge is 0.0398 e. The fourth-order valence-electron chi connectivity index (χ4n) is 1.64. The van der Waals surface area contributed by atoms with E-state index in [2.05, 4.69) is 38.7 Å². The zero-order valence-corrected chi connectivity index (χ0v) is 9.02. The maximum absolute atomic E-state index is 3.47. The molecule has 0 bridgehead atoms. The topological polar surface area (TPSA) is 24.1 Å².